The summed E-state index contributed by atoms with van der Waals surface area (Å²) in [6, 6.07) is 13.1. The summed E-state index contributed by atoms with van der Waals surface area (Å²) in [5.41, 5.74) is 2.50. The molecular formula is C20H16FN3O3S. The average Bonchev–Trinajstić information content (AvgIpc) is 3.11. The molecule has 6 nitrogen and oxygen atoms in total. The molecule has 0 atom stereocenters. The topological polar surface area (TPSA) is 79.4 Å². The monoisotopic (exact) mass is 397 g/mol. The van der Waals surface area contributed by atoms with E-state index >= 15 is 0 Å². The number of halogens is 1. The fourth-order valence-corrected chi connectivity index (χ4v) is 4.20. The molecule has 3 aromatic rings. The maximum Gasteiger partial charge on any atom is 0.261 e. The van der Waals surface area contributed by atoms with Gasteiger partial charge in [0.2, 0.25) is 0 Å². The van der Waals surface area contributed by atoms with E-state index in [1.165, 1.54) is 18.3 Å². The number of aromatic nitrogens is 1. The van der Waals surface area contributed by atoms with Crippen molar-refractivity contribution >= 4 is 27.3 Å². The van der Waals surface area contributed by atoms with Crippen LogP contribution in [0.2, 0.25) is 0 Å². The Labute approximate surface area is 161 Å². The fourth-order valence-electron chi connectivity index (χ4n) is 3.15. The van der Waals surface area contributed by atoms with Crippen molar-refractivity contribution in [3.05, 3.63) is 83.9 Å². The Morgan fingerprint density at radius 1 is 1.11 bits per heavy atom. The highest BCUT2D eigenvalue weighted by Crippen LogP contribution is 2.32. The number of benzene rings is 2. The highest BCUT2D eigenvalue weighted by molar-refractivity contribution is 7.92. The second-order valence-corrected chi connectivity index (χ2v) is 8.03. The van der Waals surface area contributed by atoms with Crippen LogP contribution in [0.3, 0.4) is 0 Å². The summed E-state index contributed by atoms with van der Waals surface area (Å²) in [6.07, 6.45) is 3.74. The standard InChI is InChI=1S/C20H16FN3O3S/c21-16-3-6-18(7-4-16)28(26,27)23-17-5-8-19-14(12-17)9-11-24(19)20(25)15-2-1-10-22-13-15/h1-8,10,12-13,23H,9,11H2. The van der Waals surface area contributed by atoms with Gasteiger partial charge < -0.3 is 4.90 Å². The molecule has 0 aliphatic carbocycles. The van der Waals surface area contributed by atoms with E-state index in [-0.39, 0.29) is 10.8 Å². The molecule has 0 radical (unpaired) electrons. The smallest absolute Gasteiger partial charge is 0.261 e. The van der Waals surface area contributed by atoms with Gasteiger partial charge in [0.05, 0.1) is 10.5 Å². The minimum Gasteiger partial charge on any atom is -0.308 e. The van der Waals surface area contributed by atoms with Crippen molar-refractivity contribution < 1.29 is 17.6 Å². The molecular weight excluding hydrogens is 381 g/mol. The molecule has 28 heavy (non-hydrogen) atoms. The first-order valence-corrected chi connectivity index (χ1v) is 10.1. The molecule has 1 N–H and O–H groups in total. The highest BCUT2D eigenvalue weighted by atomic mass is 32.2. The minimum atomic E-state index is -3.83. The van der Waals surface area contributed by atoms with Crippen molar-refractivity contribution in [3.8, 4) is 0 Å². The van der Waals surface area contributed by atoms with Crippen LogP contribution < -0.4 is 9.62 Å². The summed E-state index contributed by atoms with van der Waals surface area (Å²) in [4.78, 5) is 18.3. The Morgan fingerprint density at radius 2 is 1.89 bits per heavy atom. The predicted octanol–water partition coefficient (Wildman–Crippen LogP) is 3.22. The van der Waals surface area contributed by atoms with Crippen LogP contribution in [0.25, 0.3) is 0 Å². The zero-order valence-corrected chi connectivity index (χ0v) is 15.5. The van der Waals surface area contributed by atoms with E-state index in [0.717, 1.165) is 23.4 Å². The van der Waals surface area contributed by atoms with E-state index in [9.17, 15) is 17.6 Å². The molecule has 0 bridgehead atoms. The van der Waals surface area contributed by atoms with Gasteiger partial charge in [-0.05, 0) is 66.6 Å². The number of hydrogen-bond acceptors (Lipinski definition) is 4. The van der Waals surface area contributed by atoms with E-state index in [1.54, 1.807) is 41.4 Å². The van der Waals surface area contributed by atoms with E-state index in [1.807, 2.05) is 0 Å². The normalized spacial score (nSPS) is 13.2. The lowest BCUT2D eigenvalue weighted by Crippen LogP contribution is -2.28. The van der Waals surface area contributed by atoms with Gasteiger partial charge in [-0.25, -0.2) is 12.8 Å². The van der Waals surface area contributed by atoms with Crippen molar-refractivity contribution in [3.63, 3.8) is 0 Å². The van der Waals surface area contributed by atoms with Gasteiger partial charge in [0.15, 0.2) is 0 Å². The zero-order chi connectivity index (χ0) is 19.7. The molecule has 0 saturated carbocycles. The molecule has 1 aliphatic rings. The van der Waals surface area contributed by atoms with Crippen LogP contribution in [0.5, 0.6) is 0 Å². The van der Waals surface area contributed by atoms with Gasteiger partial charge in [-0.3, -0.25) is 14.5 Å². The van der Waals surface area contributed by atoms with Crippen LogP contribution in [-0.4, -0.2) is 25.9 Å². The van der Waals surface area contributed by atoms with Gasteiger partial charge >= 0.3 is 0 Å². The third-order valence-corrected chi connectivity index (χ3v) is 5.90. The molecule has 2 heterocycles. The second kappa shape index (κ2) is 7.05. The lowest BCUT2D eigenvalue weighted by Gasteiger charge is -2.17. The molecule has 1 aliphatic heterocycles. The summed E-state index contributed by atoms with van der Waals surface area (Å²) in [6.45, 7) is 0.511. The largest absolute Gasteiger partial charge is 0.308 e. The molecule has 2 aromatic carbocycles. The van der Waals surface area contributed by atoms with Crippen LogP contribution >= 0.6 is 0 Å². The first-order valence-electron chi connectivity index (χ1n) is 8.57. The number of carbonyl (C=O) groups excluding carboxylic acids is 1. The van der Waals surface area contributed by atoms with Gasteiger partial charge in [-0.1, -0.05) is 0 Å². The van der Waals surface area contributed by atoms with E-state index in [2.05, 4.69) is 9.71 Å². The SMILES string of the molecule is O=C(c1cccnc1)N1CCc2cc(NS(=O)(=O)c3ccc(F)cc3)ccc21. The van der Waals surface area contributed by atoms with Crippen LogP contribution in [0, 0.1) is 5.82 Å². The number of nitrogens with one attached hydrogen (secondary N) is 1. The quantitative estimate of drug-likeness (QED) is 0.733. The van der Waals surface area contributed by atoms with Crippen LogP contribution in [0.4, 0.5) is 15.8 Å². The van der Waals surface area contributed by atoms with Crippen LogP contribution in [-0.2, 0) is 16.4 Å². The average molecular weight is 397 g/mol. The van der Waals surface area contributed by atoms with Crippen molar-refractivity contribution in [2.45, 2.75) is 11.3 Å². The van der Waals surface area contributed by atoms with Crippen molar-refractivity contribution in [1.29, 1.82) is 0 Å². The molecule has 0 saturated heterocycles. The molecule has 4 rings (SSSR count). The lowest BCUT2D eigenvalue weighted by molar-refractivity contribution is 0.0989. The Balaban J connectivity index is 1.57. The minimum absolute atomic E-state index is 0.0252. The molecule has 0 fully saturated rings. The van der Waals surface area contributed by atoms with E-state index < -0.39 is 15.8 Å². The van der Waals surface area contributed by atoms with Gasteiger partial charge in [-0.15, -0.1) is 0 Å². The molecule has 0 unspecified atom stereocenters. The summed E-state index contributed by atoms with van der Waals surface area (Å²) in [5, 5.41) is 0. The maximum atomic E-state index is 13.0. The van der Waals surface area contributed by atoms with E-state index in [4.69, 9.17) is 0 Å². The molecule has 0 spiro atoms. The lowest BCUT2D eigenvalue weighted by atomic mass is 10.1. The number of anilines is 2. The number of nitrogens with zero attached hydrogens (tertiary/aromatic N) is 2. The molecule has 142 valence electrons. The number of hydrogen-bond donors (Lipinski definition) is 1. The molecule has 1 amide bonds. The van der Waals surface area contributed by atoms with Crippen molar-refractivity contribution in [1.82, 2.24) is 4.98 Å². The van der Waals surface area contributed by atoms with Gasteiger partial charge in [-0.2, -0.15) is 0 Å². The second-order valence-electron chi connectivity index (χ2n) is 6.35. The molecule has 8 heteroatoms. The molecule has 1 aromatic heterocycles. The first kappa shape index (κ1) is 18.1. The van der Waals surface area contributed by atoms with E-state index in [0.29, 0.717) is 24.2 Å². The summed E-state index contributed by atoms with van der Waals surface area (Å²) in [5.74, 6) is -0.652. The van der Waals surface area contributed by atoms with Gasteiger partial charge in [0, 0.05) is 30.3 Å². The summed E-state index contributed by atoms with van der Waals surface area (Å²) >= 11 is 0. The number of amides is 1. The number of rotatable bonds is 4. The zero-order valence-electron chi connectivity index (χ0n) is 14.7. The van der Waals surface area contributed by atoms with Crippen molar-refractivity contribution in [2.24, 2.45) is 0 Å². The Hall–Kier alpha value is -3.26. The Morgan fingerprint density at radius 3 is 2.61 bits per heavy atom. The number of sulfonamides is 1. The Kier molecular flexibility index (Phi) is 4.56. The predicted molar refractivity (Wildman–Crippen MR) is 103 cm³/mol. The number of pyridine rings is 1. The number of fused-ring (bicyclic) bond motifs is 1. The summed E-state index contributed by atoms with van der Waals surface area (Å²) < 4.78 is 40.5. The Bertz CT molecular complexity index is 1130. The van der Waals surface area contributed by atoms with Gasteiger partial charge in [0.1, 0.15) is 5.82 Å². The van der Waals surface area contributed by atoms with Gasteiger partial charge in [0.25, 0.3) is 15.9 Å². The van der Waals surface area contributed by atoms with Crippen LogP contribution in [0.15, 0.2) is 71.9 Å². The summed E-state index contributed by atoms with van der Waals surface area (Å²) in [7, 11) is -3.83. The maximum absolute atomic E-state index is 13.0. The van der Waals surface area contributed by atoms with Crippen molar-refractivity contribution in [2.75, 3.05) is 16.2 Å². The fraction of sp³-hybridized carbons (Fsp3) is 0.100. The number of carbonyl (C=O) groups is 1. The first-order chi connectivity index (χ1) is 13.4. The highest BCUT2D eigenvalue weighted by Gasteiger charge is 2.26. The van der Waals surface area contributed by atoms with Crippen LogP contribution in [0.1, 0.15) is 15.9 Å². The third-order valence-electron chi connectivity index (χ3n) is 4.50. The third kappa shape index (κ3) is 3.46.